The fourth-order valence-corrected chi connectivity index (χ4v) is 4.50. The van der Waals surface area contributed by atoms with Crippen molar-refractivity contribution in [2.24, 2.45) is 11.7 Å². The van der Waals surface area contributed by atoms with Crippen LogP contribution in [0.15, 0.2) is 58.5 Å². The van der Waals surface area contributed by atoms with Gasteiger partial charge in [0.25, 0.3) is 0 Å². The molecule has 0 aliphatic heterocycles. The summed E-state index contributed by atoms with van der Waals surface area (Å²) in [5.74, 6) is -0.700. The summed E-state index contributed by atoms with van der Waals surface area (Å²) < 4.78 is 16.6. The van der Waals surface area contributed by atoms with Gasteiger partial charge in [0.1, 0.15) is 5.82 Å². The summed E-state index contributed by atoms with van der Waals surface area (Å²) >= 11 is 7.56. The van der Waals surface area contributed by atoms with Gasteiger partial charge in [0.2, 0.25) is 5.91 Å². The van der Waals surface area contributed by atoms with Crippen molar-refractivity contribution in [2.45, 2.75) is 42.0 Å². The number of amides is 1. The van der Waals surface area contributed by atoms with E-state index < -0.39 is 0 Å². The lowest BCUT2D eigenvalue weighted by Crippen LogP contribution is -2.13. The lowest BCUT2D eigenvalue weighted by molar-refractivity contribution is -0.119. The number of halogens is 2. The molecule has 4 nitrogen and oxygen atoms in total. The van der Waals surface area contributed by atoms with Gasteiger partial charge in [-0.15, -0.1) is 0 Å². The van der Waals surface area contributed by atoms with Gasteiger partial charge in [-0.25, -0.2) is 4.39 Å². The molecule has 4 rings (SSSR count). The molecule has 7 heteroatoms. The number of carbonyl (C=O) groups excluding carboxylic acids is 1. The number of primary amides is 1. The largest absolute Gasteiger partial charge is 0.369 e. The summed E-state index contributed by atoms with van der Waals surface area (Å²) in [6.45, 7) is 2.76. The highest BCUT2D eigenvalue weighted by Crippen LogP contribution is 2.47. The highest BCUT2D eigenvalue weighted by molar-refractivity contribution is 7.99. The summed E-state index contributed by atoms with van der Waals surface area (Å²) in [5.41, 5.74) is 7.60. The van der Waals surface area contributed by atoms with Crippen molar-refractivity contribution in [3.05, 3.63) is 76.3 Å². The van der Waals surface area contributed by atoms with Crippen LogP contribution in [0.1, 0.15) is 36.1 Å². The van der Waals surface area contributed by atoms with Crippen molar-refractivity contribution in [1.29, 1.82) is 0 Å². The molecule has 1 saturated carbocycles. The van der Waals surface area contributed by atoms with Crippen LogP contribution in [0.4, 0.5) is 4.39 Å². The van der Waals surface area contributed by atoms with E-state index in [1.807, 2.05) is 48.1 Å². The fourth-order valence-electron chi connectivity index (χ4n) is 3.44. The maximum absolute atomic E-state index is 14.8. The lowest BCUT2D eigenvalue weighted by Gasteiger charge is -2.07. The molecule has 0 saturated heterocycles. The van der Waals surface area contributed by atoms with Crippen molar-refractivity contribution < 1.29 is 9.18 Å². The summed E-state index contributed by atoms with van der Waals surface area (Å²) in [4.78, 5) is 13.3. The Labute approximate surface area is 178 Å². The van der Waals surface area contributed by atoms with Crippen LogP contribution in [-0.2, 0) is 17.8 Å². The standard InChI is InChI=1S/C22H21ClFN3OS/c1-2-27-12-21(29-16-7-5-15(23)6-8-16)20(26-27)10-14-4-3-13(9-19(14)24)17-11-18(17)22(25)28/h3-9,12,17-18H,2,10-11H2,1H3,(H2,25,28). The molecule has 0 radical (unpaired) electrons. The SMILES string of the molecule is CCn1cc(Sc2ccc(Cl)cc2)c(Cc2ccc(C3CC3C(N)=O)cc2F)n1. The summed E-state index contributed by atoms with van der Waals surface area (Å²) in [5, 5.41) is 5.32. The minimum atomic E-state index is -0.312. The number of hydrogen-bond acceptors (Lipinski definition) is 3. The van der Waals surface area contributed by atoms with Crippen molar-refractivity contribution in [3.8, 4) is 0 Å². The second kappa shape index (κ2) is 8.20. The first-order valence-electron chi connectivity index (χ1n) is 9.52. The molecule has 2 atom stereocenters. The zero-order valence-corrected chi connectivity index (χ0v) is 17.5. The Morgan fingerprint density at radius 2 is 2.07 bits per heavy atom. The van der Waals surface area contributed by atoms with E-state index in [-0.39, 0.29) is 23.6 Å². The second-order valence-electron chi connectivity index (χ2n) is 7.23. The number of aryl methyl sites for hydroxylation is 1. The van der Waals surface area contributed by atoms with Crippen molar-refractivity contribution >= 4 is 29.3 Å². The van der Waals surface area contributed by atoms with E-state index in [0.717, 1.165) is 27.6 Å². The first-order valence-corrected chi connectivity index (χ1v) is 10.7. The van der Waals surface area contributed by atoms with E-state index in [0.29, 0.717) is 23.4 Å². The van der Waals surface area contributed by atoms with E-state index in [9.17, 15) is 9.18 Å². The number of aromatic nitrogens is 2. The maximum atomic E-state index is 14.8. The normalized spacial score (nSPS) is 18.0. The molecule has 1 amide bonds. The third-order valence-electron chi connectivity index (χ3n) is 5.18. The molecule has 1 aromatic heterocycles. The first-order chi connectivity index (χ1) is 13.9. The molecule has 150 valence electrons. The van der Waals surface area contributed by atoms with Gasteiger partial charge in [-0.05, 0) is 60.7 Å². The second-order valence-corrected chi connectivity index (χ2v) is 8.78. The molecule has 29 heavy (non-hydrogen) atoms. The van der Waals surface area contributed by atoms with Gasteiger partial charge in [-0.2, -0.15) is 5.10 Å². The average Bonchev–Trinajstić information content (AvgIpc) is 3.42. The van der Waals surface area contributed by atoms with Crippen LogP contribution in [-0.4, -0.2) is 15.7 Å². The highest BCUT2D eigenvalue weighted by Gasteiger charge is 2.42. The highest BCUT2D eigenvalue weighted by atomic mass is 35.5. The quantitative estimate of drug-likeness (QED) is 0.573. The predicted molar refractivity (Wildman–Crippen MR) is 113 cm³/mol. The summed E-state index contributed by atoms with van der Waals surface area (Å²) in [6.07, 6.45) is 3.10. The molecular formula is C22H21ClFN3OS. The van der Waals surface area contributed by atoms with Gasteiger partial charge in [-0.1, -0.05) is 35.5 Å². The van der Waals surface area contributed by atoms with Gasteiger partial charge in [0.05, 0.1) is 10.6 Å². The van der Waals surface area contributed by atoms with Crippen molar-refractivity contribution in [2.75, 3.05) is 0 Å². The zero-order chi connectivity index (χ0) is 20.5. The van der Waals surface area contributed by atoms with Crippen LogP contribution in [0.5, 0.6) is 0 Å². The Balaban J connectivity index is 1.55. The lowest BCUT2D eigenvalue weighted by atomic mass is 10.0. The van der Waals surface area contributed by atoms with Gasteiger partial charge >= 0.3 is 0 Å². The van der Waals surface area contributed by atoms with E-state index in [1.54, 1.807) is 17.8 Å². The Hall–Kier alpha value is -2.31. The third kappa shape index (κ3) is 4.49. The number of nitrogens with two attached hydrogens (primary N) is 1. The molecule has 2 aromatic carbocycles. The monoisotopic (exact) mass is 429 g/mol. The van der Waals surface area contributed by atoms with Crippen LogP contribution < -0.4 is 5.73 Å². The minimum absolute atomic E-state index is 0.0476. The zero-order valence-electron chi connectivity index (χ0n) is 15.9. The van der Waals surface area contributed by atoms with E-state index >= 15 is 0 Å². The number of rotatable bonds is 7. The smallest absolute Gasteiger partial charge is 0.221 e. The Morgan fingerprint density at radius 1 is 1.31 bits per heavy atom. The number of hydrogen-bond donors (Lipinski definition) is 1. The van der Waals surface area contributed by atoms with E-state index in [4.69, 9.17) is 17.3 Å². The maximum Gasteiger partial charge on any atom is 0.221 e. The topological polar surface area (TPSA) is 60.9 Å². The molecular weight excluding hydrogens is 409 g/mol. The average molecular weight is 430 g/mol. The Morgan fingerprint density at radius 3 is 2.69 bits per heavy atom. The molecule has 3 aromatic rings. The molecule has 0 bridgehead atoms. The molecule has 1 heterocycles. The van der Waals surface area contributed by atoms with Gasteiger partial charge in [0, 0.05) is 35.0 Å². The molecule has 1 fully saturated rings. The van der Waals surface area contributed by atoms with E-state index in [2.05, 4.69) is 5.10 Å². The van der Waals surface area contributed by atoms with Gasteiger partial charge < -0.3 is 5.73 Å². The summed E-state index contributed by atoms with van der Waals surface area (Å²) in [7, 11) is 0. The van der Waals surface area contributed by atoms with Crippen LogP contribution >= 0.6 is 23.4 Å². The number of nitrogens with zero attached hydrogens (tertiary/aromatic N) is 2. The molecule has 1 aliphatic rings. The fraction of sp³-hybridized carbons (Fsp3) is 0.273. The van der Waals surface area contributed by atoms with Crippen molar-refractivity contribution in [1.82, 2.24) is 9.78 Å². The number of carbonyl (C=O) groups is 1. The molecule has 2 N–H and O–H groups in total. The first kappa shape index (κ1) is 20.0. The van der Waals surface area contributed by atoms with Crippen LogP contribution in [0.2, 0.25) is 5.02 Å². The van der Waals surface area contributed by atoms with Crippen LogP contribution in [0.3, 0.4) is 0 Å². The Kier molecular flexibility index (Phi) is 5.65. The molecule has 2 unspecified atom stereocenters. The Bertz CT molecular complexity index is 1050. The third-order valence-corrected chi connectivity index (χ3v) is 6.51. The van der Waals surface area contributed by atoms with Crippen molar-refractivity contribution in [3.63, 3.8) is 0 Å². The van der Waals surface area contributed by atoms with Gasteiger partial charge in [0.15, 0.2) is 0 Å². The van der Waals surface area contributed by atoms with Crippen LogP contribution in [0.25, 0.3) is 0 Å². The minimum Gasteiger partial charge on any atom is -0.369 e. The predicted octanol–water partition coefficient (Wildman–Crippen LogP) is 5.03. The van der Waals surface area contributed by atoms with Crippen LogP contribution in [0, 0.1) is 11.7 Å². The number of benzene rings is 2. The molecule has 0 spiro atoms. The van der Waals surface area contributed by atoms with Gasteiger partial charge in [-0.3, -0.25) is 9.48 Å². The summed E-state index contributed by atoms with van der Waals surface area (Å²) in [6, 6.07) is 12.8. The van der Waals surface area contributed by atoms with E-state index in [1.165, 1.54) is 6.07 Å². The molecule has 1 aliphatic carbocycles.